The summed E-state index contributed by atoms with van der Waals surface area (Å²) >= 11 is 0. The fourth-order valence-corrected chi connectivity index (χ4v) is 0.866. The Bertz CT molecular complexity index is 273. The van der Waals surface area contributed by atoms with Crippen molar-refractivity contribution in [2.75, 3.05) is 7.11 Å². The smallest absolute Gasteiger partial charge is 0.137 e. The number of aromatic nitrogens is 1. The zero-order valence-corrected chi connectivity index (χ0v) is 7.03. The van der Waals surface area contributed by atoms with Gasteiger partial charge in [-0.25, -0.2) is 0 Å². The standard InChI is InChI=1S/C9H12N2O/c1-3-9(10)7-4-8(12-2)6-11-5-7/h3-6,9H,1,10H2,2H3. The van der Waals surface area contributed by atoms with Crippen molar-refractivity contribution in [2.45, 2.75) is 6.04 Å². The van der Waals surface area contributed by atoms with E-state index in [9.17, 15) is 0 Å². The molecule has 3 nitrogen and oxygen atoms in total. The van der Waals surface area contributed by atoms with Gasteiger partial charge in [-0.15, -0.1) is 6.58 Å². The molecule has 1 aromatic heterocycles. The Balaban J connectivity index is 2.93. The lowest BCUT2D eigenvalue weighted by molar-refractivity contribution is 0.412. The summed E-state index contributed by atoms with van der Waals surface area (Å²) in [5.41, 5.74) is 6.61. The highest BCUT2D eigenvalue weighted by Gasteiger charge is 2.02. The molecule has 0 bridgehead atoms. The number of rotatable bonds is 3. The highest BCUT2D eigenvalue weighted by molar-refractivity contribution is 5.27. The third-order valence-corrected chi connectivity index (χ3v) is 1.61. The molecule has 0 aliphatic carbocycles. The van der Waals surface area contributed by atoms with Crippen LogP contribution in [0.2, 0.25) is 0 Å². The van der Waals surface area contributed by atoms with E-state index in [-0.39, 0.29) is 6.04 Å². The van der Waals surface area contributed by atoms with E-state index in [2.05, 4.69) is 11.6 Å². The quantitative estimate of drug-likeness (QED) is 0.684. The molecule has 1 rings (SSSR count). The summed E-state index contributed by atoms with van der Waals surface area (Å²) in [4.78, 5) is 3.97. The van der Waals surface area contributed by atoms with Crippen LogP contribution in [0.3, 0.4) is 0 Å². The molecule has 0 fully saturated rings. The van der Waals surface area contributed by atoms with Crippen LogP contribution in [0, 0.1) is 0 Å². The highest BCUT2D eigenvalue weighted by Crippen LogP contribution is 2.15. The second-order valence-electron chi connectivity index (χ2n) is 2.42. The van der Waals surface area contributed by atoms with Crippen LogP contribution in [-0.4, -0.2) is 12.1 Å². The van der Waals surface area contributed by atoms with E-state index in [1.54, 1.807) is 25.6 Å². The minimum Gasteiger partial charge on any atom is -0.495 e. The molecule has 1 atom stereocenters. The van der Waals surface area contributed by atoms with E-state index in [1.165, 1.54) is 0 Å². The van der Waals surface area contributed by atoms with Crippen LogP contribution < -0.4 is 10.5 Å². The molecule has 2 N–H and O–H groups in total. The van der Waals surface area contributed by atoms with Gasteiger partial charge in [-0.3, -0.25) is 4.98 Å². The second kappa shape index (κ2) is 3.88. The Labute approximate surface area is 71.9 Å². The lowest BCUT2D eigenvalue weighted by atomic mass is 10.1. The molecule has 0 saturated heterocycles. The summed E-state index contributed by atoms with van der Waals surface area (Å²) in [7, 11) is 1.60. The summed E-state index contributed by atoms with van der Waals surface area (Å²) in [5, 5.41) is 0. The van der Waals surface area contributed by atoms with E-state index in [4.69, 9.17) is 10.5 Å². The first-order valence-electron chi connectivity index (χ1n) is 3.65. The van der Waals surface area contributed by atoms with Gasteiger partial charge >= 0.3 is 0 Å². The fourth-order valence-electron chi connectivity index (χ4n) is 0.866. The lowest BCUT2D eigenvalue weighted by Gasteiger charge is -2.06. The number of hydrogen-bond donors (Lipinski definition) is 1. The number of methoxy groups -OCH3 is 1. The lowest BCUT2D eigenvalue weighted by Crippen LogP contribution is -2.06. The Hall–Kier alpha value is -1.35. The van der Waals surface area contributed by atoms with Gasteiger partial charge < -0.3 is 10.5 Å². The monoisotopic (exact) mass is 164 g/mol. The third-order valence-electron chi connectivity index (χ3n) is 1.61. The van der Waals surface area contributed by atoms with Crippen molar-refractivity contribution in [2.24, 2.45) is 5.73 Å². The van der Waals surface area contributed by atoms with E-state index in [0.717, 1.165) is 5.56 Å². The van der Waals surface area contributed by atoms with Crippen molar-refractivity contribution in [3.8, 4) is 5.75 Å². The number of ether oxygens (including phenoxy) is 1. The molecule has 1 unspecified atom stereocenters. The minimum absolute atomic E-state index is 0.174. The SMILES string of the molecule is C=CC(N)c1cncc(OC)c1. The van der Waals surface area contributed by atoms with Gasteiger partial charge in [0, 0.05) is 12.2 Å². The molecule has 12 heavy (non-hydrogen) atoms. The van der Waals surface area contributed by atoms with Crippen LogP contribution in [0.1, 0.15) is 11.6 Å². The van der Waals surface area contributed by atoms with Crippen molar-refractivity contribution in [1.82, 2.24) is 4.98 Å². The predicted octanol–water partition coefficient (Wildman–Crippen LogP) is 1.28. The van der Waals surface area contributed by atoms with E-state index in [1.807, 2.05) is 6.07 Å². The van der Waals surface area contributed by atoms with E-state index < -0.39 is 0 Å². The number of hydrogen-bond acceptors (Lipinski definition) is 3. The average Bonchev–Trinajstić information content (AvgIpc) is 2.17. The van der Waals surface area contributed by atoms with Gasteiger partial charge in [-0.05, 0) is 11.6 Å². The number of nitrogens with zero attached hydrogens (tertiary/aromatic N) is 1. The van der Waals surface area contributed by atoms with Gasteiger partial charge in [-0.1, -0.05) is 6.08 Å². The van der Waals surface area contributed by atoms with Gasteiger partial charge in [0.05, 0.1) is 13.3 Å². The normalized spacial score (nSPS) is 12.2. The first-order chi connectivity index (χ1) is 5.77. The third kappa shape index (κ3) is 1.83. The maximum atomic E-state index is 5.70. The van der Waals surface area contributed by atoms with Gasteiger partial charge in [0.1, 0.15) is 5.75 Å². The van der Waals surface area contributed by atoms with Crippen molar-refractivity contribution in [1.29, 1.82) is 0 Å². The van der Waals surface area contributed by atoms with Crippen LogP contribution in [0.15, 0.2) is 31.1 Å². The maximum Gasteiger partial charge on any atom is 0.137 e. The Kier molecular flexibility index (Phi) is 2.82. The highest BCUT2D eigenvalue weighted by atomic mass is 16.5. The molecule has 1 aromatic rings. The molecule has 0 spiro atoms. The molecule has 0 aromatic carbocycles. The molecular formula is C9H12N2O. The van der Waals surface area contributed by atoms with Crippen molar-refractivity contribution in [3.05, 3.63) is 36.7 Å². The van der Waals surface area contributed by atoms with Crippen LogP contribution in [0.5, 0.6) is 5.75 Å². The fraction of sp³-hybridized carbons (Fsp3) is 0.222. The van der Waals surface area contributed by atoms with Gasteiger partial charge in [0.15, 0.2) is 0 Å². The Morgan fingerprint density at radius 3 is 3.00 bits per heavy atom. The predicted molar refractivity (Wildman–Crippen MR) is 47.9 cm³/mol. The zero-order chi connectivity index (χ0) is 8.97. The summed E-state index contributed by atoms with van der Waals surface area (Å²) in [5.74, 6) is 0.713. The van der Waals surface area contributed by atoms with Crippen LogP contribution in [-0.2, 0) is 0 Å². The summed E-state index contributed by atoms with van der Waals surface area (Å²) in [6.07, 6.45) is 5.00. The second-order valence-corrected chi connectivity index (χ2v) is 2.42. The molecule has 0 amide bonds. The van der Waals surface area contributed by atoms with E-state index >= 15 is 0 Å². The van der Waals surface area contributed by atoms with Gasteiger partial charge in [0.25, 0.3) is 0 Å². The van der Waals surface area contributed by atoms with Crippen LogP contribution >= 0.6 is 0 Å². The van der Waals surface area contributed by atoms with Crippen LogP contribution in [0.4, 0.5) is 0 Å². The van der Waals surface area contributed by atoms with Crippen molar-refractivity contribution >= 4 is 0 Å². The van der Waals surface area contributed by atoms with Crippen molar-refractivity contribution < 1.29 is 4.74 Å². The summed E-state index contributed by atoms with van der Waals surface area (Å²) in [6, 6.07) is 1.67. The topological polar surface area (TPSA) is 48.1 Å². The number of nitrogens with two attached hydrogens (primary N) is 1. The Morgan fingerprint density at radius 2 is 2.42 bits per heavy atom. The first kappa shape index (κ1) is 8.74. The molecule has 0 saturated carbocycles. The molecule has 0 radical (unpaired) electrons. The van der Waals surface area contributed by atoms with Gasteiger partial charge in [0.2, 0.25) is 0 Å². The molecule has 3 heteroatoms. The average molecular weight is 164 g/mol. The number of pyridine rings is 1. The summed E-state index contributed by atoms with van der Waals surface area (Å²) in [6.45, 7) is 3.60. The molecular weight excluding hydrogens is 152 g/mol. The molecule has 0 aliphatic heterocycles. The summed E-state index contributed by atoms with van der Waals surface area (Å²) < 4.78 is 5.00. The van der Waals surface area contributed by atoms with E-state index in [0.29, 0.717) is 5.75 Å². The van der Waals surface area contributed by atoms with Crippen LogP contribution in [0.25, 0.3) is 0 Å². The Morgan fingerprint density at radius 1 is 1.67 bits per heavy atom. The molecule has 0 aliphatic rings. The molecule has 64 valence electrons. The zero-order valence-electron chi connectivity index (χ0n) is 7.03. The van der Waals surface area contributed by atoms with Gasteiger partial charge in [-0.2, -0.15) is 0 Å². The maximum absolute atomic E-state index is 5.70. The first-order valence-corrected chi connectivity index (χ1v) is 3.65. The van der Waals surface area contributed by atoms with Crippen molar-refractivity contribution in [3.63, 3.8) is 0 Å². The largest absolute Gasteiger partial charge is 0.495 e. The molecule has 1 heterocycles. The minimum atomic E-state index is -0.174.